The third kappa shape index (κ3) is 4.76. The van der Waals surface area contributed by atoms with Gasteiger partial charge < -0.3 is 9.64 Å². The Bertz CT molecular complexity index is 1310. The van der Waals surface area contributed by atoms with Crippen molar-refractivity contribution in [2.24, 2.45) is 7.05 Å². The summed E-state index contributed by atoms with van der Waals surface area (Å²) in [6.45, 7) is 0.380. The summed E-state index contributed by atoms with van der Waals surface area (Å²) in [4.78, 5) is 14.6. The smallest absolute Gasteiger partial charge is 0.416 e. The number of likely N-dealkylation sites (N-methyl/N-ethyl adjacent to an activating group) is 1. The van der Waals surface area contributed by atoms with E-state index in [2.05, 4.69) is 5.10 Å². The molecule has 0 aliphatic rings. The van der Waals surface area contributed by atoms with Crippen molar-refractivity contribution in [2.45, 2.75) is 12.6 Å². The van der Waals surface area contributed by atoms with Crippen LogP contribution in [0, 0.1) is 0 Å². The summed E-state index contributed by atoms with van der Waals surface area (Å²) >= 11 is 0. The number of ether oxygens (including phenoxy) is 1. The van der Waals surface area contributed by atoms with Crippen LogP contribution in [0.2, 0.25) is 0 Å². The Labute approximate surface area is 195 Å². The van der Waals surface area contributed by atoms with Crippen LogP contribution in [0.5, 0.6) is 5.75 Å². The number of aryl methyl sites for hydroxylation is 1. The predicted octanol–water partition coefficient (Wildman–Crippen LogP) is 5.58. The highest BCUT2D eigenvalue weighted by atomic mass is 19.4. The Morgan fingerprint density at radius 2 is 1.71 bits per heavy atom. The van der Waals surface area contributed by atoms with Crippen molar-refractivity contribution in [3.8, 4) is 17.0 Å². The highest BCUT2D eigenvalue weighted by Gasteiger charge is 2.29. The molecule has 4 rings (SSSR count). The number of nitrogens with zero attached hydrogens (tertiary/aromatic N) is 3. The second-order valence-electron chi connectivity index (χ2n) is 8.10. The first kappa shape index (κ1) is 23.4. The van der Waals surface area contributed by atoms with Crippen molar-refractivity contribution in [1.82, 2.24) is 14.7 Å². The molecule has 0 aliphatic carbocycles. The molecule has 1 amide bonds. The molecule has 0 N–H and O–H groups in total. The number of alkyl halides is 3. The zero-order chi connectivity index (χ0) is 24.5. The molecule has 3 aromatic carbocycles. The molecule has 34 heavy (non-hydrogen) atoms. The lowest BCUT2D eigenvalue weighted by Gasteiger charge is -2.17. The number of amides is 1. The number of hydrogen-bond donors (Lipinski definition) is 0. The maximum Gasteiger partial charge on any atom is 0.416 e. The van der Waals surface area contributed by atoms with E-state index in [0.717, 1.165) is 45.6 Å². The molecule has 0 saturated carbocycles. The summed E-state index contributed by atoms with van der Waals surface area (Å²) < 4.78 is 45.2. The molecule has 0 bridgehead atoms. The number of rotatable bonds is 6. The van der Waals surface area contributed by atoms with Crippen LogP contribution in [0.1, 0.15) is 21.5 Å². The lowest BCUT2D eigenvalue weighted by atomic mass is 10.1. The summed E-state index contributed by atoms with van der Waals surface area (Å²) in [7, 11) is 5.13. The fourth-order valence-electron chi connectivity index (χ4n) is 3.83. The van der Waals surface area contributed by atoms with E-state index in [1.54, 1.807) is 29.8 Å². The minimum absolute atomic E-state index is 0.166. The van der Waals surface area contributed by atoms with Gasteiger partial charge in [-0.3, -0.25) is 9.48 Å². The molecule has 0 atom stereocenters. The van der Waals surface area contributed by atoms with Crippen molar-refractivity contribution >= 4 is 16.8 Å². The molecule has 8 heteroatoms. The summed E-state index contributed by atoms with van der Waals surface area (Å²) in [6, 6.07) is 18.1. The molecule has 1 heterocycles. The minimum Gasteiger partial charge on any atom is -0.497 e. The van der Waals surface area contributed by atoms with Crippen LogP contribution in [0.4, 0.5) is 13.2 Å². The molecule has 0 unspecified atom stereocenters. The Kier molecular flexibility index (Phi) is 6.32. The van der Waals surface area contributed by atoms with Crippen LogP contribution in [0.15, 0.2) is 66.7 Å². The van der Waals surface area contributed by atoms with Crippen molar-refractivity contribution in [1.29, 1.82) is 0 Å². The molecule has 0 aliphatic heterocycles. The average Bonchev–Trinajstić information content (AvgIpc) is 3.17. The van der Waals surface area contributed by atoms with E-state index in [-0.39, 0.29) is 5.91 Å². The van der Waals surface area contributed by atoms with Gasteiger partial charge in [-0.25, -0.2) is 0 Å². The maximum absolute atomic E-state index is 13.0. The zero-order valence-corrected chi connectivity index (χ0v) is 19.1. The topological polar surface area (TPSA) is 47.4 Å². The maximum atomic E-state index is 13.0. The van der Waals surface area contributed by atoms with E-state index in [4.69, 9.17) is 4.74 Å². The molecular formula is C26H24F3N3O2. The van der Waals surface area contributed by atoms with Gasteiger partial charge in [0.1, 0.15) is 11.4 Å². The largest absolute Gasteiger partial charge is 0.497 e. The van der Waals surface area contributed by atoms with E-state index in [0.29, 0.717) is 18.5 Å². The van der Waals surface area contributed by atoms with Gasteiger partial charge in [-0.1, -0.05) is 12.1 Å². The molecule has 1 aromatic heterocycles. The molecule has 4 aromatic rings. The lowest BCUT2D eigenvalue weighted by molar-refractivity contribution is -0.137. The van der Waals surface area contributed by atoms with Gasteiger partial charge >= 0.3 is 6.18 Å². The molecule has 0 fully saturated rings. The van der Waals surface area contributed by atoms with Crippen molar-refractivity contribution in [3.05, 3.63) is 83.4 Å². The van der Waals surface area contributed by atoms with Gasteiger partial charge in [0.05, 0.1) is 18.2 Å². The first-order valence-corrected chi connectivity index (χ1v) is 10.7. The van der Waals surface area contributed by atoms with Crippen LogP contribution in [-0.2, 0) is 19.6 Å². The van der Waals surface area contributed by atoms with Gasteiger partial charge in [0.2, 0.25) is 0 Å². The molecule has 0 spiro atoms. The van der Waals surface area contributed by atoms with Gasteiger partial charge in [-0.2, -0.15) is 18.3 Å². The fourth-order valence-corrected chi connectivity index (χ4v) is 3.83. The van der Waals surface area contributed by atoms with Crippen LogP contribution in [0.25, 0.3) is 22.2 Å². The van der Waals surface area contributed by atoms with Gasteiger partial charge in [0, 0.05) is 37.2 Å². The van der Waals surface area contributed by atoms with E-state index in [9.17, 15) is 18.0 Å². The normalized spacial score (nSPS) is 11.6. The molecular weight excluding hydrogens is 443 g/mol. The number of benzene rings is 3. The summed E-state index contributed by atoms with van der Waals surface area (Å²) in [6.07, 6.45) is -3.90. The SMILES string of the molecule is COc1ccc(-c2nn(C)c3cc(C(=O)N(C)CCc4ccc(C(F)(F)F)cc4)ccc23)cc1. The van der Waals surface area contributed by atoms with E-state index in [1.807, 2.05) is 43.4 Å². The number of carbonyl (C=O) groups is 1. The standard InChI is InChI=1S/C26H24F3N3O2/c1-31(15-14-17-4-9-20(10-5-17)26(27,28)29)25(33)19-8-13-22-23(16-19)32(2)30-24(22)18-6-11-21(34-3)12-7-18/h4-13,16H,14-15H2,1-3H3. The number of aromatic nitrogens is 2. The second kappa shape index (κ2) is 9.21. The summed E-state index contributed by atoms with van der Waals surface area (Å²) in [5.74, 6) is 0.595. The van der Waals surface area contributed by atoms with Crippen LogP contribution >= 0.6 is 0 Å². The van der Waals surface area contributed by atoms with Crippen molar-refractivity contribution in [3.63, 3.8) is 0 Å². The quantitative estimate of drug-likeness (QED) is 0.372. The highest BCUT2D eigenvalue weighted by Crippen LogP contribution is 2.30. The number of halogens is 3. The average molecular weight is 467 g/mol. The van der Waals surface area contributed by atoms with Crippen LogP contribution < -0.4 is 4.74 Å². The van der Waals surface area contributed by atoms with E-state index >= 15 is 0 Å². The van der Waals surface area contributed by atoms with Crippen LogP contribution in [0.3, 0.4) is 0 Å². The number of hydrogen-bond acceptors (Lipinski definition) is 3. The minimum atomic E-state index is -4.36. The molecule has 0 radical (unpaired) electrons. The lowest BCUT2D eigenvalue weighted by Crippen LogP contribution is -2.28. The van der Waals surface area contributed by atoms with Crippen molar-refractivity contribution in [2.75, 3.05) is 20.7 Å². The summed E-state index contributed by atoms with van der Waals surface area (Å²) in [5, 5.41) is 5.56. The van der Waals surface area contributed by atoms with Gasteiger partial charge in [0.15, 0.2) is 0 Å². The third-order valence-corrected chi connectivity index (χ3v) is 5.83. The predicted molar refractivity (Wildman–Crippen MR) is 125 cm³/mol. The first-order chi connectivity index (χ1) is 16.2. The number of fused-ring (bicyclic) bond motifs is 1. The zero-order valence-electron chi connectivity index (χ0n) is 19.1. The van der Waals surface area contributed by atoms with Crippen molar-refractivity contribution < 1.29 is 22.7 Å². The number of methoxy groups -OCH3 is 1. The fraction of sp³-hybridized carbons (Fsp3) is 0.231. The Balaban J connectivity index is 1.49. The highest BCUT2D eigenvalue weighted by molar-refractivity contribution is 6.01. The molecule has 5 nitrogen and oxygen atoms in total. The Hall–Kier alpha value is -3.81. The first-order valence-electron chi connectivity index (χ1n) is 10.7. The second-order valence-corrected chi connectivity index (χ2v) is 8.10. The van der Waals surface area contributed by atoms with E-state index < -0.39 is 11.7 Å². The van der Waals surface area contributed by atoms with Crippen LogP contribution in [-0.4, -0.2) is 41.3 Å². The third-order valence-electron chi connectivity index (χ3n) is 5.83. The summed E-state index contributed by atoms with van der Waals surface area (Å²) in [5.41, 5.74) is 3.16. The van der Waals surface area contributed by atoms with Gasteiger partial charge in [-0.15, -0.1) is 0 Å². The molecule has 176 valence electrons. The van der Waals surface area contributed by atoms with E-state index in [1.165, 1.54) is 12.1 Å². The Morgan fingerprint density at radius 3 is 2.32 bits per heavy atom. The Morgan fingerprint density at radius 1 is 1.03 bits per heavy atom. The monoisotopic (exact) mass is 467 g/mol. The number of carbonyl (C=O) groups excluding carboxylic acids is 1. The molecule has 0 saturated heterocycles. The van der Waals surface area contributed by atoms with Gasteiger partial charge in [-0.05, 0) is 66.6 Å². The van der Waals surface area contributed by atoms with Gasteiger partial charge in [0.25, 0.3) is 5.91 Å².